The van der Waals surface area contributed by atoms with Gasteiger partial charge in [-0.25, -0.2) is 12.7 Å². The molecule has 0 aliphatic carbocycles. The number of nitrogens with two attached hydrogens (primary N) is 1. The van der Waals surface area contributed by atoms with E-state index in [1.807, 2.05) is 31.2 Å². The number of sulfonamides is 1. The molecule has 0 amide bonds. The van der Waals surface area contributed by atoms with E-state index in [-0.39, 0.29) is 12.0 Å². The van der Waals surface area contributed by atoms with Crippen molar-refractivity contribution in [3.63, 3.8) is 0 Å². The Morgan fingerprint density at radius 2 is 2.24 bits per heavy atom. The second-order valence-electron chi connectivity index (χ2n) is 5.80. The average Bonchev–Trinajstić information content (AvgIpc) is 2.45. The molecule has 6 heteroatoms. The fraction of sp³-hybridized carbons (Fsp3) is 0.600. The summed E-state index contributed by atoms with van der Waals surface area (Å²) in [6.45, 7) is 3.64. The number of ether oxygens (including phenoxy) is 1. The first-order chi connectivity index (χ1) is 9.86. The summed E-state index contributed by atoms with van der Waals surface area (Å²) in [6.07, 6.45) is 3.16. The standard InChI is InChI=1S/C15H24N2O3S/c1-12(16)14-6-3-7-15(9-14)20-11-13-5-4-8-17(10-13)21(2,18)19/h3,6-7,9,12-13H,4-5,8,10-11,16H2,1-2H3/t12-,13?/m1/s1. The van der Waals surface area contributed by atoms with Gasteiger partial charge in [-0.3, -0.25) is 0 Å². The quantitative estimate of drug-likeness (QED) is 0.899. The van der Waals surface area contributed by atoms with Crippen molar-refractivity contribution in [3.05, 3.63) is 29.8 Å². The summed E-state index contributed by atoms with van der Waals surface area (Å²) in [5.41, 5.74) is 6.89. The highest BCUT2D eigenvalue weighted by atomic mass is 32.2. The first kappa shape index (κ1) is 16.3. The summed E-state index contributed by atoms with van der Waals surface area (Å²) in [4.78, 5) is 0. The van der Waals surface area contributed by atoms with Gasteiger partial charge in [-0.15, -0.1) is 0 Å². The minimum absolute atomic E-state index is 0.0241. The molecule has 2 N–H and O–H groups in total. The summed E-state index contributed by atoms with van der Waals surface area (Å²) in [6, 6.07) is 7.73. The van der Waals surface area contributed by atoms with E-state index in [0.29, 0.717) is 19.7 Å². The molecule has 1 saturated heterocycles. The van der Waals surface area contributed by atoms with Crippen molar-refractivity contribution in [1.29, 1.82) is 0 Å². The Labute approximate surface area is 127 Å². The molecule has 2 rings (SSSR count). The van der Waals surface area contributed by atoms with Gasteiger partial charge in [0, 0.05) is 25.0 Å². The van der Waals surface area contributed by atoms with E-state index in [1.54, 1.807) is 4.31 Å². The van der Waals surface area contributed by atoms with Gasteiger partial charge in [0.05, 0.1) is 12.9 Å². The minimum Gasteiger partial charge on any atom is -0.493 e. The van der Waals surface area contributed by atoms with Crippen LogP contribution >= 0.6 is 0 Å². The van der Waals surface area contributed by atoms with Gasteiger partial charge < -0.3 is 10.5 Å². The molecule has 2 atom stereocenters. The molecule has 0 saturated carbocycles. The second-order valence-corrected chi connectivity index (χ2v) is 7.78. The zero-order valence-corrected chi connectivity index (χ0v) is 13.5. The molecule has 1 aliphatic heterocycles. The summed E-state index contributed by atoms with van der Waals surface area (Å²) >= 11 is 0. The van der Waals surface area contributed by atoms with Gasteiger partial charge >= 0.3 is 0 Å². The maximum absolute atomic E-state index is 11.6. The topological polar surface area (TPSA) is 72.6 Å². The molecule has 0 bridgehead atoms. The molecule has 1 aromatic rings. The highest BCUT2D eigenvalue weighted by Gasteiger charge is 2.26. The van der Waals surface area contributed by atoms with Gasteiger partial charge in [0.1, 0.15) is 5.75 Å². The second kappa shape index (κ2) is 6.77. The van der Waals surface area contributed by atoms with Crippen LogP contribution in [0.3, 0.4) is 0 Å². The molecule has 0 aromatic heterocycles. The molecule has 21 heavy (non-hydrogen) atoms. The van der Waals surface area contributed by atoms with Crippen LogP contribution in [0.5, 0.6) is 5.75 Å². The SMILES string of the molecule is C[C@@H](N)c1cccc(OCC2CCCN(S(C)(=O)=O)C2)c1. The van der Waals surface area contributed by atoms with Crippen molar-refractivity contribution in [2.24, 2.45) is 11.7 Å². The third-order valence-electron chi connectivity index (χ3n) is 3.82. The largest absolute Gasteiger partial charge is 0.493 e. The number of hydrogen-bond acceptors (Lipinski definition) is 4. The lowest BCUT2D eigenvalue weighted by molar-refractivity contribution is 0.180. The van der Waals surface area contributed by atoms with Gasteiger partial charge in [-0.1, -0.05) is 12.1 Å². The van der Waals surface area contributed by atoms with Crippen LogP contribution in [0.2, 0.25) is 0 Å². The Morgan fingerprint density at radius 1 is 1.48 bits per heavy atom. The Bertz CT molecular complexity index is 572. The zero-order chi connectivity index (χ0) is 15.5. The minimum atomic E-state index is -3.10. The highest BCUT2D eigenvalue weighted by Crippen LogP contribution is 2.22. The predicted molar refractivity (Wildman–Crippen MR) is 83.7 cm³/mol. The zero-order valence-electron chi connectivity index (χ0n) is 12.7. The van der Waals surface area contributed by atoms with Crippen LogP contribution in [0.1, 0.15) is 31.4 Å². The number of rotatable bonds is 5. The van der Waals surface area contributed by atoms with Crippen LogP contribution in [0.25, 0.3) is 0 Å². The van der Waals surface area contributed by atoms with Crippen molar-refractivity contribution in [2.45, 2.75) is 25.8 Å². The molecule has 118 valence electrons. The van der Waals surface area contributed by atoms with E-state index in [4.69, 9.17) is 10.5 Å². The summed E-state index contributed by atoms with van der Waals surface area (Å²) in [7, 11) is -3.10. The molecular weight excluding hydrogens is 288 g/mol. The van der Waals surface area contributed by atoms with Gasteiger partial charge in [0.25, 0.3) is 0 Å². The van der Waals surface area contributed by atoms with Crippen LogP contribution < -0.4 is 10.5 Å². The molecule has 0 radical (unpaired) electrons. The number of benzene rings is 1. The van der Waals surface area contributed by atoms with Crippen LogP contribution in [-0.2, 0) is 10.0 Å². The predicted octanol–water partition coefficient (Wildman–Crippen LogP) is 1.76. The van der Waals surface area contributed by atoms with E-state index < -0.39 is 10.0 Å². The molecule has 1 fully saturated rings. The Morgan fingerprint density at radius 3 is 2.90 bits per heavy atom. The van der Waals surface area contributed by atoms with E-state index in [1.165, 1.54) is 6.26 Å². The van der Waals surface area contributed by atoms with Crippen molar-refractivity contribution in [3.8, 4) is 5.75 Å². The van der Waals surface area contributed by atoms with Crippen molar-refractivity contribution in [2.75, 3.05) is 26.0 Å². The van der Waals surface area contributed by atoms with E-state index in [9.17, 15) is 8.42 Å². The maximum Gasteiger partial charge on any atom is 0.211 e. The monoisotopic (exact) mass is 312 g/mol. The molecule has 1 unspecified atom stereocenters. The number of nitrogens with zero attached hydrogens (tertiary/aromatic N) is 1. The Balaban J connectivity index is 1.92. The fourth-order valence-electron chi connectivity index (χ4n) is 2.57. The highest BCUT2D eigenvalue weighted by molar-refractivity contribution is 7.88. The Kier molecular flexibility index (Phi) is 5.24. The molecular formula is C15H24N2O3S. The van der Waals surface area contributed by atoms with Crippen molar-refractivity contribution >= 4 is 10.0 Å². The molecule has 0 spiro atoms. The van der Waals surface area contributed by atoms with Crippen molar-refractivity contribution < 1.29 is 13.2 Å². The van der Waals surface area contributed by atoms with Crippen LogP contribution in [0.15, 0.2) is 24.3 Å². The fourth-order valence-corrected chi connectivity index (χ4v) is 3.51. The summed E-state index contributed by atoms with van der Waals surface area (Å²) < 4.78 is 30.6. The molecule has 1 aliphatic rings. The Hall–Kier alpha value is -1.11. The lowest BCUT2D eigenvalue weighted by atomic mass is 10.0. The summed E-state index contributed by atoms with van der Waals surface area (Å²) in [5, 5.41) is 0. The summed E-state index contributed by atoms with van der Waals surface area (Å²) in [5.74, 6) is 1.04. The number of hydrogen-bond donors (Lipinski definition) is 1. The third kappa shape index (κ3) is 4.69. The number of piperidine rings is 1. The first-order valence-electron chi connectivity index (χ1n) is 7.29. The normalized spacial score (nSPS) is 22.0. The van der Waals surface area contributed by atoms with E-state index in [2.05, 4.69) is 0 Å². The van der Waals surface area contributed by atoms with Gasteiger partial charge in [-0.05, 0) is 37.5 Å². The van der Waals surface area contributed by atoms with E-state index in [0.717, 1.165) is 24.2 Å². The third-order valence-corrected chi connectivity index (χ3v) is 5.09. The van der Waals surface area contributed by atoms with E-state index >= 15 is 0 Å². The van der Waals surface area contributed by atoms with Gasteiger partial charge in [0.2, 0.25) is 10.0 Å². The average molecular weight is 312 g/mol. The van der Waals surface area contributed by atoms with Crippen LogP contribution in [0, 0.1) is 5.92 Å². The van der Waals surface area contributed by atoms with Gasteiger partial charge in [-0.2, -0.15) is 0 Å². The smallest absolute Gasteiger partial charge is 0.211 e. The lowest BCUT2D eigenvalue weighted by Gasteiger charge is -2.30. The van der Waals surface area contributed by atoms with Crippen LogP contribution in [0.4, 0.5) is 0 Å². The molecule has 1 heterocycles. The lowest BCUT2D eigenvalue weighted by Crippen LogP contribution is -2.40. The molecule has 1 aromatic carbocycles. The molecule has 5 nitrogen and oxygen atoms in total. The van der Waals surface area contributed by atoms with Crippen molar-refractivity contribution in [1.82, 2.24) is 4.31 Å². The van der Waals surface area contributed by atoms with Gasteiger partial charge in [0.15, 0.2) is 0 Å². The van der Waals surface area contributed by atoms with Crippen LogP contribution in [-0.4, -0.2) is 38.7 Å². The first-order valence-corrected chi connectivity index (χ1v) is 9.14. The maximum atomic E-state index is 11.6.